The van der Waals surface area contributed by atoms with Gasteiger partial charge in [0.15, 0.2) is 5.13 Å². The van der Waals surface area contributed by atoms with Crippen molar-refractivity contribution in [3.63, 3.8) is 0 Å². The number of nitrogens with one attached hydrogen (secondary N) is 1. The third kappa shape index (κ3) is 8.04. The van der Waals surface area contributed by atoms with Gasteiger partial charge in [0.05, 0.1) is 18.9 Å². The molecule has 0 saturated heterocycles. The van der Waals surface area contributed by atoms with Crippen LogP contribution in [0.2, 0.25) is 0 Å². The first kappa shape index (κ1) is 25.6. The third-order valence-electron chi connectivity index (χ3n) is 5.09. The van der Waals surface area contributed by atoms with Gasteiger partial charge in [0, 0.05) is 10.9 Å². The van der Waals surface area contributed by atoms with Crippen LogP contribution in [0.5, 0.6) is 11.5 Å². The van der Waals surface area contributed by atoms with Crippen molar-refractivity contribution in [2.24, 2.45) is 0 Å². The van der Waals surface area contributed by atoms with E-state index in [1.165, 1.54) is 17.4 Å². The second kappa shape index (κ2) is 13.6. The summed E-state index contributed by atoms with van der Waals surface area (Å²) in [4.78, 5) is 17.0. The summed E-state index contributed by atoms with van der Waals surface area (Å²) < 4.78 is 16.8. The Morgan fingerprint density at radius 1 is 0.865 bits per heavy atom. The van der Waals surface area contributed by atoms with E-state index in [9.17, 15) is 10.1 Å². The van der Waals surface area contributed by atoms with Crippen molar-refractivity contribution >= 4 is 28.5 Å². The van der Waals surface area contributed by atoms with Crippen LogP contribution in [0.4, 0.5) is 5.13 Å². The minimum Gasteiger partial charge on any atom is -0.491 e. The molecule has 0 fully saturated rings. The molecule has 1 amide bonds. The van der Waals surface area contributed by atoms with Crippen LogP contribution < -0.4 is 14.8 Å². The molecule has 0 aliphatic heterocycles. The molecule has 37 heavy (non-hydrogen) atoms. The molecule has 4 aromatic rings. The summed E-state index contributed by atoms with van der Waals surface area (Å²) in [6.45, 7) is 1.76. The fourth-order valence-corrected chi connectivity index (χ4v) is 3.98. The quantitative estimate of drug-likeness (QED) is 0.146. The van der Waals surface area contributed by atoms with Crippen molar-refractivity contribution in [3.8, 4) is 28.8 Å². The average molecular weight is 512 g/mol. The number of amides is 1. The van der Waals surface area contributed by atoms with Crippen molar-refractivity contribution in [2.75, 3.05) is 31.7 Å². The van der Waals surface area contributed by atoms with E-state index in [1.807, 2.05) is 72.1 Å². The fraction of sp³-hybridized carbons (Fsp3) is 0.138. The maximum Gasteiger partial charge on any atom is 0.268 e. The molecule has 0 unspecified atom stereocenters. The molecule has 186 valence electrons. The highest BCUT2D eigenvalue weighted by atomic mass is 32.1. The Bertz CT molecular complexity index is 1350. The lowest BCUT2D eigenvalue weighted by molar-refractivity contribution is -0.112. The molecule has 0 bridgehead atoms. The van der Waals surface area contributed by atoms with Gasteiger partial charge in [-0.3, -0.25) is 10.1 Å². The number of rotatable bonds is 12. The van der Waals surface area contributed by atoms with Gasteiger partial charge in [0.1, 0.15) is 36.4 Å². The topological polar surface area (TPSA) is 93.5 Å². The van der Waals surface area contributed by atoms with Crippen molar-refractivity contribution in [1.29, 1.82) is 5.26 Å². The zero-order chi connectivity index (χ0) is 25.7. The number of carbonyl (C=O) groups is 1. The van der Waals surface area contributed by atoms with E-state index in [0.717, 1.165) is 17.0 Å². The van der Waals surface area contributed by atoms with Crippen LogP contribution in [0, 0.1) is 11.3 Å². The molecule has 3 aromatic carbocycles. The van der Waals surface area contributed by atoms with Gasteiger partial charge in [0.2, 0.25) is 0 Å². The summed E-state index contributed by atoms with van der Waals surface area (Å²) in [5.74, 6) is 0.972. The van der Waals surface area contributed by atoms with Gasteiger partial charge in [-0.25, -0.2) is 4.98 Å². The Hall–Kier alpha value is -4.45. The standard InChI is InChI=1S/C29H25N3O4S/c30-20-24(28(33)32-29-31-27(21-37-29)23-7-3-1-4-8-23)19-22-11-13-26(14-12-22)36-18-16-34-15-17-35-25-9-5-2-6-10-25/h1-14,19,21H,15-18H2,(H,31,32,33)/b24-19-. The SMILES string of the molecule is N#C/C(=C/c1ccc(OCCOCCOc2ccccc2)cc1)C(=O)Nc1nc(-c2ccccc2)cs1. The van der Waals surface area contributed by atoms with Crippen LogP contribution in [0.15, 0.2) is 95.9 Å². The fourth-order valence-electron chi connectivity index (χ4n) is 3.27. The Kier molecular flexibility index (Phi) is 9.42. The van der Waals surface area contributed by atoms with Crippen molar-refractivity contribution in [2.45, 2.75) is 0 Å². The molecule has 4 rings (SSSR count). The number of ether oxygens (including phenoxy) is 3. The zero-order valence-corrected chi connectivity index (χ0v) is 20.8. The number of para-hydroxylation sites is 1. The normalized spacial score (nSPS) is 10.9. The van der Waals surface area contributed by atoms with Gasteiger partial charge in [-0.15, -0.1) is 11.3 Å². The van der Waals surface area contributed by atoms with Gasteiger partial charge in [-0.1, -0.05) is 60.7 Å². The molecule has 8 heteroatoms. The number of anilines is 1. The van der Waals surface area contributed by atoms with Crippen LogP contribution in [-0.4, -0.2) is 37.3 Å². The van der Waals surface area contributed by atoms with Crippen molar-refractivity contribution < 1.29 is 19.0 Å². The summed E-state index contributed by atoms with van der Waals surface area (Å²) in [6.07, 6.45) is 1.53. The van der Waals surface area contributed by atoms with Crippen LogP contribution in [-0.2, 0) is 9.53 Å². The molecule has 7 nitrogen and oxygen atoms in total. The van der Waals surface area contributed by atoms with Crippen LogP contribution in [0.25, 0.3) is 17.3 Å². The Morgan fingerprint density at radius 2 is 1.49 bits per heavy atom. The summed E-state index contributed by atoms with van der Waals surface area (Å²) in [5.41, 5.74) is 2.42. The largest absolute Gasteiger partial charge is 0.491 e. The van der Waals surface area contributed by atoms with Gasteiger partial charge in [0.25, 0.3) is 5.91 Å². The van der Waals surface area contributed by atoms with E-state index < -0.39 is 5.91 Å². The van der Waals surface area contributed by atoms with Gasteiger partial charge < -0.3 is 14.2 Å². The highest BCUT2D eigenvalue weighted by Crippen LogP contribution is 2.25. The average Bonchev–Trinajstić information content (AvgIpc) is 3.41. The van der Waals surface area contributed by atoms with E-state index in [2.05, 4.69) is 10.3 Å². The smallest absolute Gasteiger partial charge is 0.268 e. The van der Waals surface area contributed by atoms with E-state index in [-0.39, 0.29) is 5.57 Å². The van der Waals surface area contributed by atoms with Crippen molar-refractivity contribution in [3.05, 3.63) is 101 Å². The molecule has 0 aliphatic carbocycles. The lowest BCUT2D eigenvalue weighted by Crippen LogP contribution is -2.13. The Morgan fingerprint density at radius 3 is 2.14 bits per heavy atom. The minimum absolute atomic E-state index is 0.0174. The summed E-state index contributed by atoms with van der Waals surface area (Å²) in [6, 6.07) is 28.4. The highest BCUT2D eigenvalue weighted by Gasteiger charge is 2.12. The predicted octanol–water partition coefficient (Wildman–Crippen LogP) is 5.83. The summed E-state index contributed by atoms with van der Waals surface area (Å²) >= 11 is 1.31. The molecule has 0 atom stereocenters. The molecule has 1 heterocycles. The molecule has 0 spiro atoms. The number of nitriles is 1. The number of nitrogens with zero attached hydrogens (tertiary/aromatic N) is 2. The summed E-state index contributed by atoms with van der Waals surface area (Å²) in [5, 5.41) is 14.5. The lowest BCUT2D eigenvalue weighted by Gasteiger charge is -2.09. The van der Waals surface area contributed by atoms with Crippen LogP contribution in [0.1, 0.15) is 5.56 Å². The number of aromatic nitrogens is 1. The van der Waals surface area contributed by atoms with Crippen LogP contribution in [0.3, 0.4) is 0 Å². The highest BCUT2D eigenvalue weighted by molar-refractivity contribution is 7.14. The molecule has 1 aromatic heterocycles. The first-order valence-electron chi connectivity index (χ1n) is 11.6. The molecule has 0 radical (unpaired) electrons. The molecular formula is C29H25N3O4S. The number of thiazole rings is 1. The first-order chi connectivity index (χ1) is 18.2. The van der Waals surface area contributed by atoms with E-state index in [1.54, 1.807) is 24.3 Å². The minimum atomic E-state index is -0.509. The van der Waals surface area contributed by atoms with E-state index in [0.29, 0.717) is 42.9 Å². The Balaban J connectivity index is 1.21. The number of carbonyl (C=O) groups excluding carboxylic acids is 1. The predicted molar refractivity (Wildman–Crippen MR) is 144 cm³/mol. The Labute approximate surface area is 219 Å². The van der Waals surface area contributed by atoms with Crippen molar-refractivity contribution in [1.82, 2.24) is 4.98 Å². The maximum atomic E-state index is 12.6. The maximum absolute atomic E-state index is 12.6. The number of hydrogen-bond acceptors (Lipinski definition) is 7. The number of hydrogen-bond donors (Lipinski definition) is 1. The van der Waals surface area contributed by atoms with Gasteiger partial charge in [-0.2, -0.15) is 5.26 Å². The second-order valence-electron chi connectivity index (χ2n) is 7.72. The van der Waals surface area contributed by atoms with E-state index in [4.69, 9.17) is 14.2 Å². The first-order valence-corrected chi connectivity index (χ1v) is 12.5. The molecular weight excluding hydrogens is 486 g/mol. The number of benzene rings is 3. The zero-order valence-electron chi connectivity index (χ0n) is 20.0. The summed E-state index contributed by atoms with van der Waals surface area (Å²) in [7, 11) is 0. The lowest BCUT2D eigenvalue weighted by atomic mass is 10.1. The van der Waals surface area contributed by atoms with Gasteiger partial charge in [-0.05, 0) is 35.9 Å². The third-order valence-corrected chi connectivity index (χ3v) is 5.84. The van der Waals surface area contributed by atoms with Crippen LogP contribution >= 0.6 is 11.3 Å². The molecule has 1 N–H and O–H groups in total. The molecule has 0 aliphatic rings. The second-order valence-corrected chi connectivity index (χ2v) is 8.58. The monoisotopic (exact) mass is 511 g/mol. The molecule has 0 saturated carbocycles. The van der Waals surface area contributed by atoms with E-state index >= 15 is 0 Å². The van der Waals surface area contributed by atoms with Gasteiger partial charge >= 0.3 is 0 Å².